The largest absolute Gasteiger partial charge is 0.494 e. The van der Waals surface area contributed by atoms with E-state index in [0.717, 1.165) is 30.1 Å². The van der Waals surface area contributed by atoms with Crippen molar-refractivity contribution in [3.63, 3.8) is 0 Å². The van der Waals surface area contributed by atoms with Gasteiger partial charge in [0.1, 0.15) is 5.75 Å². The van der Waals surface area contributed by atoms with Gasteiger partial charge in [-0.05, 0) is 31.2 Å². The van der Waals surface area contributed by atoms with E-state index >= 15 is 0 Å². The molecule has 1 aromatic heterocycles. The van der Waals surface area contributed by atoms with Gasteiger partial charge >= 0.3 is 0 Å². The predicted octanol–water partition coefficient (Wildman–Crippen LogP) is 2.24. The molecule has 6 heteroatoms. The van der Waals surface area contributed by atoms with Crippen LogP contribution in [0.1, 0.15) is 17.8 Å². The summed E-state index contributed by atoms with van der Waals surface area (Å²) in [6.45, 7) is 3.42. The van der Waals surface area contributed by atoms with Crippen molar-refractivity contribution in [1.29, 1.82) is 0 Å². The maximum Gasteiger partial charge on any atom is 0.119 e. The molecule has 0 saturated carbocycles. The van der Waals surface area contributed by atoms with Gasteiger partial charge in [-0.2, -0.15) is 0 Å². The van der Waals surface area contributed by atoms with Crippen LogP contribution in [0.3, 0.4) is 0 Å². The van der Waals surface area contributed by atoms with Crippen molar-refractivity contribution in [2.75, 3.05) is 13.2 Å². The number of aliphatic hydroxyl groups excluding tert-OH is 1. The maximum atomic E-state index is 8.91. The summed E-state index contributed by atoms with van der Waals surface area (Å²) in [5.41, 5.74) is 1.86. The Bertz CT molecular complexity index is 540. The number of aliphatic hydroxyl groups is 1. The molecule has 5 nitrogen and oxygen atoms in total. The normalized spacial score (nSPS) is 10.8. The van der Waals surface area contributed by atoms with Crippen LogP contribution < -0.4 is 4.74 Å². The first kappa shape index (κ1) is 14.8. The van der Waals surface area contributed by atoms with E-state index in [0.29, 0.717) is 18.1 Å². The number of rotatable bonds is 7. The van der Waals surface area contributed by atoms with Crippen molar-refractivity contribution in [2.45, 2.75) is 26.3 Å². The zero-order chi connectivity index (χ0) is 14.4. The van der Waals surface area contributed by atoms with Gasteiger partial charge in [-0.25, -0.2) is 4.68 Å². The molecule has 0 atom stereocenters. The second-order valence-corrected chi connectivity index (χ2v) is 4.91. The maximum absolute atomic E-state index is 8.91. The van der Waals surface area contributed by atoms with E-state index in [9.17, 15) is 0 Å². The summed E-state index contributed by atoms with van der Waals surface area (Å²) in [5.74, 6) is 0.811. The van der Waals surface area contributed by atoms with Gasteiger partial charge in [-0.15, -0.1) is 5.10 Å². The zero-order valence-electron chi connectivity index (χ0n) is 11.4. The van der Waals surface area contributed by atoms with Gasteiger partial charge in [0.15, 0.2) is 0 Å². The number of hydrogen-bond acceptors (Lipinski definition) is 4. The average molecular weight is 296 g/mol. The van der Waals surface area contributed by atoms with Crippen LogP contribution in [0.5, 0.6) is 5.75 Å². The summed E-state index contributed by atoms with van der Waals surface area (Å²) < 4.78 is 7.46. The van der Waals surface area contributed by atoms with Crippen LogP contribution in [0.4, 0.5) is 0 Å². The van der Waals surface area contributed by atoms with E-state index in [1.165, 1.54) is 0 Å². The Morgan fingerprint density at radius 1 is 1.30 bits per heavy atom. The summed E-state index contributed by atoms with van der Waals surface area (Å²) in [6, 6.07) is 7.31. The zero-order valence-corrected chi connectivity index (χ0v) is 12.2. The molecule has 0 aliphatic carbocycles. The number of benzene rings is 1. The lowest BCUT2D eigenvalue weighted by atomic mass is 10.2. The van der Waals surface area contributed by atoms with Crippen LogP contribution in [0.2, 0.25) is 5.02 Å². The summed E-state index contributed by atoms with van der Waals surface area (Å²) in [6.07, 6.45) is 1.39. The van der Waals surface area contributed by atoms with Crippen LogP contribution >= 0.6 is 11.6 Å². The van der Waals surface area contributed by atoms with Gasteiger partial charge in [-0.1, -0.05) is 16.8 Å². The van der Waals surface area contributed by atoms with E-state index in [1.54, 1.807) is 12.1 Å². The van der Waals surface area contributed by atoms with Crippen LogP contribution in [0, 0.1) is 6.92 Å². The first-order valence-electron chi connectivity index (χ1n) is 6.59. The second kappa shape index (κ2) is 7.26. The van der Waals surface area contributed by atoms with E-state index in [2.05, 4.69) is 10.3 Å². The molecule has 0 amide bonds. The molecule has 108 valence electrons. The van der Waals surface area contributed by atoms with Crippen molar-refractivity contribution in [3.05, 3.63) is 40.7 Å². The first-order valence-corrected chi connectivity index (χ1v) is 6.96. The summed E-state index contributed by atoms with van der Waals surface area (Å²) in [5, 5.41) is 17.7. The molecule has 0 fully saturated rings. The lowest BCUT2D eigenvalue weighted by Gasteiger charge is -2.07. The van der Waals surface area contributed by atoms with Crippen molar-refractivity contribution in [2.24, 2.45) is 0 Å². The molecule has 0 aliphatic heterocycles. The number of ether oxygens (including phenoxy) is 1. The Balaban J connectivity index is 1.77. The van der Waals surface area contributed by atoms with Gasteiger partial charge in [0.05, 0.1) is 18.0 Å². The minimum Gasteiger partial charge on any atom is -0.494 e. The molecule has 2 aromatic rings. The van der Waals surface area contributed by atoms with Crippen molar-refractivity contribution < 1.29 is 9.84 Å². The highest BCUT2D eigenvalue weighted by molar-refractivity contribution is 6.30. The number of hydrogen-bond donors (Lipinski definition) is 1. The molecule has 0 unspecified atom stereocenters. The Morgan fingerprint density at radius 2 is 2.05 bits per heavy atom. The van der Waals surface area contributed by atoms with Crippen molar-refractivity contribution in [1.82, 2.24) is 15.0 Å². The fraction of sp³-hybridized carbons (Fsp3) is 0.429. The van der Waals surface area contributed by atoms with E-state index in [4.69, 9.17) is 21.4 Å². The standard InChI is InChI=1S/C14H18ClN3O2/c1-11-14(7-9-19)16-17-18(11)8-2-10-20-13-5-3-12(15)4-6-13/h3-6,19H,2,7-10H2,1H3. The highest BCUT2D eigenvalue weighted by Crippen LogP contribution is 2.15. The Kier molecular flexibility index (Phi) is 5.38. The molecule has 2 rings (SSSR count). The average Bonchev–Trinajstić information content (AvgIpc) is 2.79. The van der Waals surface area contributed by atoms with Crippen molar-refractivity contribution >= 4 is 11.6 Å². The quantitative estimate of drug-likeness (QED) is 0.796. The third-order valence-corrected chi connectivity index (χ3v) is 3.28. The van der Waals surface area contributed by atoms with Gasteiger partial charge in [0.25, 0.3) is 0 Å². The minimum atomic E-state index is 0.0964. The molecule has 1 N–H and O–H groups in total. The second-order valence-electron chi connectivity index (χ2n) is 4.47. The van der Waals surface area contributed by atoms with E-state index in [1.807, 2.05) is 23.7 Å². The molecule has 1 heterocycles. The van der Waals surface area contributed by atoms with Crippen molar-refractivity contribution in [3.8, 4) is 5.75 Å². The Morgan fingerprint density at radius 3 is 2.75 bits per heavy atom. The van der Waals surface area contributed by atoms with Gasteiger partial charge in [0.2, 0.25) is 0 Å². The molecular weight excluding hydrogens is 278 g/mol. The fourth-order valence-electron chi connectivity index (χ4n) is 1.88. The summed E-state index contributed by atoms with van der Waals surface area (Å²) >= 11 is 5.81. The monoisotopic (exact) mass is 295 g/mol. The highest BCUT2D eigenvalue weighted by Gasteiger charge is 2.07. The van der Waals surface area contributed by atoms with E-state index < -0.39 is 0 Å². The number of nitrogens with zero attached hydrogens (tertiary/aromatic N) is 3. The van der Waals surface area contributed by atoms with Crippen LogP contribution in [0.15, 0.2) is 24.3 Å². The number of halogens is 1. The Labute approximate surface area is 123 Å². The van der Waals surface area contributed by atoms with Crippen LogP contribution in [-0.2, 0) is 13.0 Å². The highest BCUT2D eigenvalue weighted by atomic mass is 35.5. The first-order chi connectivity index (χ1) is 9.70. The van der Waals surface area contributed by atoms with Crippen LogP contribution in [0.25, 0.3) is 0 Å². The topological polar surface area (TPSA) is 60.2 Å². The smallest absolute Gasteiger partial charge is 0.119 e. The summed E-state index contributed by atoms with van der Waals surface area (Å²) in [7, 11) is 0. The molecular formula is C14H18ClN3O2. The lowest BCUT2D eigenvalue weighted by molar-refractivity contribution is 0.296. The van der Waals surface area contributed by atoms with Gasteiger partial charge < -0.3 is 9.84 Å². The molecule has 0 aliphatic rings. The predicted molar refractivity (Wildman–Crippen MR) is 77.1 cm³/mol. The minimum absolute atomic E-state index is 0.0964. The third kappa shape index (κ3) is 3.95. The van der Waals surface area contributed by atoms with Gasteiger partial charge in [0, 0.05) is 31.0 Å². The molecule has 20 heavy (non-hydrogen) atoms. The fourth-order valence-corrected chi connectivity index (χ4v) is 2.01. The van der Waals surface area contributed by atoms with E-state index in [-0.39, 0.29) is 6.61 Å². The Hall–Kier alpha value is -1.59. The summed E-state index contributed by atoms with van der Waals surface area (Å²) in [4.78, 5) is 0. The number of aromatic nitrogens is 3. The molecule has 0 spiro atoms. The molecule has 0 saturated heterocycles. The molecule has 0 bridgehead atoms. The van der Waals surface area contributed by atoms with Gasteiger partial charge in [-0.3, -0.25) is 0 Å². The number of aryl methyl sites for hydroxylation is 1. The third-order valence-electron chi connectivity index (χ3n) is 3.02. The lowest BCUT2D eigenvalue weighted by Crippen LogP contribution is -2.07. The molecule has 0 radical (unpaired) electrons. The molecule has 1 aromatic carbocycles. The SMILES string of the molecule is Cc1c(CCO)nnn1CCCOc1ccc(Cl)cc1. The van der Waals surface area contributed by atoms with Crippen LogP contribution in [-0.4, -0.2) is 33.3 Å².